The number of hydrogen-bond donors (Lipinski definition) is 1. The molecule has 0 saturated heterocycles. The Hall–Kier alpha value is -1.71. The van der Waals surface area contributed by atoms with Gasteiger partial charge in [0.25, 0.3) is 0 Å². The zero-order chi connectivity index (χ0) is 16.4. The molecule has 0 aliphatic heterocycles. The molecule has 0 aliphatic rings. The van der Waals surface area contributed by atoms with Crippen LogP contribution in [0.4, 0.5) is 26.3 Å². The van der Waals surface area contributed by atoms with E-state index in [0.717, 1.165) is 0 Å². The van der Waals surface area contributed by atoms with Gasteiger partial charge in [-0.05, 0) is 11.6 Å². The molecule has 21 heavy (non-hydrogen) atoms. The molecule has 1 aromatic rings. The lowest BCUT2D eigenvalue weighted by atomic mass is 10.1. The van der Waals surface area contributed by atoms with Crippen LogP contribution in [0.3, 0.4) is 0 Å². The van der Waals surface area contributed by atoms with Crippen molar-refractivity contribution in [1.82, 2.24) is 4.98 Å². The fourth-order valence-corrected chi connectivity index (χ4v) is 1.61. The lowest BCUT2D eigenvalue weighted by molar-refractivity contribution is -0.277. The SMILES string of the molecule is O=C(O)Cc1nc(OC(F)(F)F)c(C(F)(F)F)cc1CCl. The van der Waals surface area contributed by atoms with Gasteiger partial charge in [0.1, 0.15) is 5.56 Å². The van der Waals surface area contributed by atoms with Crippen LogP contribution in [0.25, 0.3) is 0 Å². The molecule has 0 spiro atoms. The monoisotopic (exact) mass is 337 g/mol. The normalized spacial score (nSPS) is 12.3. The van der Waals surface area contributed by atoms with Crippen molar-refractivity contribution in [3.8, 4) is 5.88 Å². The summed E-state index contributed by atoms with van der Waals surface area (Å²) in [5.74, 6) is -3.81. The number of aromatic nitrogens is 1. The molecule has 118 valence electrons. The number of carboxylic acids is 1. The Kier molecular flexibility index (Phi) is 4.92. The smallest absolute Gasteiger partial charge is 0.481 e. The van der Waals surface area contributed by atoms with Crippen molar-refractivity contribution in [1.29, 1.82) is 0 Å². The topological polar surface area (TPSA) is 59.4 Å². The summed E-state index contributed by atoms with van der Waals surface area (Å²) in [5.41, 5.74) is -2.67. The highest BCUT2D eigenvalue weighted by atomic mass is 35.5. The molecule has 0 saturated carbocycles. The van der Waals surface area contributed by atoms with Gasteiger partial charge in [-0.3, -0.25) is 4.79 Å². The number of pyridine rings is 1. The lowest BCUT2D eigenvalue weighted by Gasteiger charge is -2.17. The molecule has 1 aromatic heterocycles. The van der Waals surface area contributed by atoms with E-state index in [1.807, 2.05) is 0 Å². The predicted octanol–water partition coefficient (Wildman–Crippen LogP) is 3.36. The standard InChI is InChI=1S/C10H6ClF6NO3/c11-3-4-1-5(9(12,13)14)8(21-10(15,16)17)18-6(4)2-7(19)20/h1H,2-3H2,(H,19,20). The number of rotatable bonds is 4. The first-order chi connectivity index (χ1) is 9.44. The van der Waals surface area contributed by atoms with Gasteiger partial charge in [0.15, 0.2) is 0 Å². The first-order valence-corrected chi connectivity index (χ1v) is 5.61. The van der Waals surface area contributed by atoms with Gasteiger partial charge in [-0.2, -0.15) is 13.2 Å². The Labute approximate surface area is 118 Å². The van der Waals surface area contributed by atoms with Crippen LogP contribution in [0.2, 0.25) is 0 Å². The molecule has 1 heterocycles. The Bertz CT molecular complexity index is 543. The van der Waals surface area contributed by atoms with E-state index in [9.17, 15) is 31.1 Å². The number of ether oxygens (including phenoxy) is 1. The van der Waals surface area contributed by atoms with Gasteiger partial charge in [0.2, 0.25) is 5.88 Å². The molecule has 0 amide bonds. The Balaban J connectivity index is 3.45. The van der Waals surface area contributed by atoms with Crippen LogP contribution in [-0.2, 0) is 23.3 Å². The molecule has 0 aromatic carbocycles. The molecule has 1 rings (SSSR count). The minimum Gasteiger partial charge on any atom is -0.481 e. The molecular formula is C10H6ClF6NO3. The molecular weight excluding hydrogens is 332 g/mol. The number of alkyl halides is 7. The second kappa shape index (κ2) is 5.96. The maximum Gasteiger partial charge on any atom is 0.574 e. The maximum atomic E-state index is 12.7. The largest absolute Gasteiger partial charge is 0.574 e. The van der Waals surface area contributed by atoms with Crippen LogP contribution in [0.1, 0.15) is 16.8 Å². The molecule has 4 nitrogen and oxygen atoms in total. The molecule has 0 unspecified atom stereocenters. The highest BCUT2D eigenvalue weighted by Crippen LogP contribution is 2.38. The fraction of sp³-hybridized carbons (Fsp3) is 0.400. The third-order valence-corrected chi connectivity index (χ3v) is 2.42. The summed E-state index contributed by atoms with van der Waals surface area (Å²) in [5, 5.41) is 8.57. The van der Waals surface area contributed by atoms with E-state index in [1.54, 1.807) is 0 Å². The van der Waals surface area contributed by atoms with E-state index in [-0.39, 0.29) is 5.56 Å². The number of hydrogen-bond acceptors (Lipinski definition) is 3. The van der Waals surface area contributed by atoms with Gasteiger partial charge >= 0.3 is 18.5 Å². The summed E-state index contributed by atoms with van der Waals surface area (Å²) in [4.78, 5) is 13.6. The summed E-state index contributed by atoms with van der Waals surface area (Å²) in [7, 11) is 0. The van der Waals surface area contributed by atoms with Crippen molar-refractivity contribution >= 4 is 17.6 Å². The van der Waals surface area contributed by atoms with Crippen molar-refractivity contribution < 1.29 is 41.0 Å². The summed E-state index contributed by atoms with van der Waals surface area (Å²) in [6.45, 7) is 0. The molecule has 0 aliphatic carbocycles. The highest BCUT2D eigenvalue weighted by molar-refractivity contribution is 6.17. The maximum absolute atomic E-state index is 12.7. The van der Waals surface area contributed by atoms with E-state index in [0.29, 0.717) is 6.07 Å². The number of aliphatic carboxylic acids is 1. The third kappa shape index (κ3) is 4.96. The summed E-state index contributed by atoms with van der Waals surface area (Å²) in [6.07, 6.45) is -11.5. The van der Waals surface area contributed by atoms with Gasteiger partial charge in [-0.15, -0.1) is 24.8 Å². The molecule has 1 N–H and O–H groups in total. The van der Waals surface area contributed by atoms with Gasteiger partial charge < -0.3 is 9.84 Å². The van der Waals surface area contributed by atoms with E-state index < -0.39 is 47.9 Å². The van der Waals surface area contributed by atoms with Crippen LogP contribution in [0, 0.1) is 0 Å². The zero-order valence-corrected chi connectivity index (χ0v) is 10.6. The number of halogens is 7. The average molecular weight is 338 g/mol. The quantitative estimate of drug-likeness (QED) is 0.676. The highest BCUT2D eigenvalue weighted by Gasteiger charge is 2.41. The van der Waals surface area contributed by atoms with Crippen LogP contribution in [0.5, 0.6) is 5.88 Å². The van der Waals surface area contributed by atoms with Crippen LogP contribution >= 0.6 is 11.6 Å². The van der Waals surface area contributed by atoms with Crippen molar-refractivity contribution in [2.24, 2.45) is 0 Å². The van der Waals surface area contributed by atoms with Crippen molar-refractivity contribution in [3.05, 3.63) is 22.9 Å². The minimum atomic E-state index is -5.41. The second-order valence-electron chi connectivity index (χ2n) is 3.70. The minimum absolute atomic E-state index is 0.291. The fourth-order valence-electron chi connectivity index (χ4n) is 1.38. The van der Waals surface area contributed by atoms with Gasteiger partial charge in [-0.25, -0.2) is 4.98 Å². The average Bonchev–Trinajstić information content (AvgIpc) is 2.24. The van der Waals surface area contributed by atoms with E-state index >= 15 is 0 Å². The van der Waals surface area contributed by atoms with E-state index in [4.69, 9.17) is 16.7 Å². The van der Waals surface area contributed by atoms with Crippen LogP contribution in [0.15, 0.2) is 6.07 Å². The molecule has 0 bridgehead atoms. The Morgan fingerprint density at radius 1 is 1.29 bits per heavy atom. The molecule has 0 radical (unpaired) electrons. The number of carbonyl (C=O) groups is 1. The number of nitrogens with zero attached hydrogens (tertiary/aromatic N) is 1. The Morgan fingerprint density at radius 2 is 1.86 bits per heavy atom. The van der Waals surface area contributed by atoms with Crippen molar-refractivity contribution in [2.45, 2.75) is 24.8 Å². The van der Waals surface area contributed by atoms with Crippen molar-refractivity contribution in [2.75, 3.05) is 0 Å². The lowest BCUT2D eigenvalue weighted by Crippen LogP contribution is -2.22. The Morgan fingerprint density at radius 3 is 2.24 bits per heavy atom. The molecule has 11 heteroatoms. The zero-order valence-electron chi connectivity index (χ0n) is 9.85. The molecule has 0 atom stereocenters. The van der Waals surface area contributed by atoms with Crippen LogP contribution < -0.4 is 4.74 Å². The summed E-state index contributed by atoms with van der Waals surface area (Å²) >= 11 is 5.36. The van der Waals surface area contributed by atoms with Crippen molar-refractivity contribution in [3.63, 3.8) is 0 Å². The second-order valence-corrected chi connectivity index (χ2v) is 3.96. The summed E-state index contributed by atoms with van der Waals surface area (Å²) in [6, 6.07) is 0.291. The predicted molar refractivity (Wildman–Crippen MR) is 56.8 cm³/mol. The van der Waals surface area contributed by atoms with Gasteiger partial charge in [0.05, 0.1) is 12.1 Å². The first-order valence-electron chi connectivity index (χ1n) is 5.07. The van der Waals surface area contributed by atoms with E-state index in [2.05, 4.69) is 9.72 Å². The van der Waals surface area contributed by atoms with Gasteiger partial charge in [0, 0.05) is 5.88 Å². The third-order valence-electron chi connectivity index (χ3n) is 2.14. The van der Waals surface area contributed by atoms with E-state index in [1.165, 1.54) is 0 Å². The summed E-state index contributed by atoms with van der Waals surface area (Å²) < 4.78 is 77.6. The first kappa shape index (κ1) is 17.3. The van der Waals surface area contributed by atoms with Gasteiger partial charge in [-0.1, -0.05) is 0 Å². The number of carboxylic acid groups (broad SMARTS) is 1. The van der Waals surface area contributed by atoms with Crippen LogP contribution in [-0.4, -0.2) is 22.4 Å². The molecule has 0 fully saturated rings.